The molecule has 0 aliphatic carbocycles. The smallest absolute Gasteiger partial charge is 0.406 e. The van der Waals surface area contributed by atoms with Crippen molar-refractivity contribution in [1.29, 1.82) is 0 Å². The van der Waals surface area contributed by atoms with Gasteiger partial charge in [0.05, 0.1) is 6.61 Å². The summed E-state index contributed by atoms with van der Waals surface area (Å²) in [6, 6.07) is 13.1. The van der Waals surface area contributed by atoms with Gasteiger partial charge in [-0.3, -0.25) is 0 Å². The predicted molar refractivity (Wildman–Crippen MR) is 84.2 cm³/mol. The summed E-state index contributed by atoms with van der Waals surface area (Å²) in [6.45, 7) is 2.02. The van der Waals surface area contributed by atoms with Gasteiger partial charge in [0.1, 0.15) is 5.69 Å². The number of hydrogen-bond donors (Lipinski definition) is 1. The van der Waals surface area contributed by atoms with Gasteiger partial charge >= 0.3 is 5.82 Å². The minimum Gasteiger partial charge on any atom is -0.485 e. The molecule has 0 spiro atoms. The van der Waals surface area contributed by atoms with Crippen LogP contribution in [0.15, 0.2) is 42.5 Å². The Kier molecular flexibility index (Phi) is 5.16. The number of rotatable bonds is 6. The first-order valence-corrected chi connectivity index (χ1v) is 7.15. The summed E-state index contributed by atoms with van der Waals surface area (Å²) in [5.74, 6) is 0.599. The Morgan fingerprint density at radius 1 is 1.29 bits per heavy atom. The van der Waals surface area contributed by atoms with Crippen molar-refractivity contribution in [3.05, 3.63) is 63.8 Å². The molecule has 0 fully saturated rings. The van der Waals surface area contributed by atoms with Crippen LogP contribution in [0.5, 0.6) is 5.75 Å². The number of benzene rings is 1. The van der Waals surface area contributed by atoms with Gasteiger partial charge in [0.15, 0.2) is 0 Å². The average molecular weight is 304 g/mol. The lowest BCUT2D eigenvalue weighted by atomic mass is 10.0. The Morgan fingerprint density at radius 2 is 2.00 bits per heavy atom. The molecule has 1 unspecified atom stereocenters. The van der Waals surface area contributed by atoms with E-state index in [0.717, 1.165) is 5.56 Å². The molecular weight excluding hydrogens is 288 g/mol. The number of pyridine rings is 1. The topological polar surface area (TPSA) is 65.3 Å². The molecule has 0 saturated heterocycles. The third-order valence-corrected chi connectivity index (χ3v) is 3.52. The van der Waals surface area contributed by atoms with Crippen LogP contribution in [-0.4, -0.2) is 22.3 Å². The fourth-order valence-corrected chi connectivity index (χ4v) is 2.26. The van der Waals surface area contributed by atoms with Gasteiger partial charge in [0, 0.05) is 18.6 Å². The van der Waals surface area contributed by atoms with E-state index in [1.807, 2.05) is 30.3 Å². The standard InChI is InChI=1S/C15H16N2O3S/c1-11-7-8-14(15(16-11)17(18)19)20-9-13(10-21)12-5-3-2-4-6-12/h2-8,13,21H,9-10H2,1H3. The molecule has 1 aromatic heterocycles. The largest absolute Gasteiger partial charge is 0.485 e. The van der Waals surface area contributed by atoms with Crippen molar-refractivity contribution in [2.75, 3.05) is 12.4 Å². The highest BCUT2D eigenvalue weighted by Gasteiger charge is 2.19. The van der Waals surface area contributed by atoms with Gasteiger partial charge in [-0.1, -0.05) is 30.3 Å². The van der Waals surface area contributed by atoms with E-state index < -0.39 is 4.92 Å². The third-order valence-electron chi connectivity index (χ3n) is 3.08. The minimum absolute atomic E-state index is 0.0652. The molecule has 2 rings (SSSR count). The summed E-state index contributed by atoms with van der Waals surface area (Å²) >= 11 is 4.33. The zero-order valence-electron chi connectivity index (χ0n) is 11.6. The van der Waals surface area contributed by atoms with E-state index in [9.17, 15) is 10.1 Å². The average Bonchev–Trinajstić information content (AvgIpc) is 2.50. The molecule has 5 nitrogen and oxygen atoms in total. The van der Waals surface area contributed by atoms with E-state index in [2.05, 4.69) is 17.6 Å². The zero-order valence-corrected chi connectivity index (χ0v) is 12.5. The first-order chi connectivity index (χ1) is 10.1. The van der Waals surface area contributed by atoms with Gasteiger partial charge in [-0.15, -0.1) is 0 Å². The summed E-state index contributed by atoms with van der Waals surface area (Å²) in [5.41, 5.74) is 1.68. The molecule has 2 aromatic rings. The monoisotopic (exact) mass is 304 g/mol. The van der Waals surface area contributed by atoms with Crippen LogP contribution in [0.3, 0.4) is 0 Å². The molecule has 0 N–H and O–H groups in total. The highest BCUT2D eigenvalue weighted by molar-refractivity contribution is 7.80. The number of nitrogens with zero attached hydrogens (tertiary/aromatic N) is 2. The van der Waals surface area contributed by atoms with Crippen LogP contribution >= 0.6 is 12.6 Å². The van der Waals surface area contributed by atoms with Gasteiger partial charge < -0.3 is 14.9 Å². The quantitative estimate of drug-likeness (QED) is 0.505. The Balaban J connectivity index is 2.14. The van der Waals surface area contributed by atoms with Crippen LogP contribution in [0, 0.1) is 17.0 Å². The summed E-state index contributed by atoms with van der Waals surface area (Å²) in [6.07, 6.45) is 0. The third kappa shape index (κ3) is 3.95. The Hall–Kier alpha value is -2.08. The number of ether oxygens (including phenoxy) is 1. The number of thiol groups is 1. The highest BCUT2D eigenvalue weighted by Crippen LogP contribution is 2.26. The Labute approximate surface area is 128 Å². The van der Waals surface area contributed by atoms with Crippen molar-refractivity contribution in [3.8, 4) is 5.75 Å². The second kappa shape index (κ2) is 7.08. The maximum Gasteiger partial charge on any atom is 0.406 e. The molecule has 1 heterocycles. The molecule has 1 atom stereocenters. The first kappa shape index (κ1) is 15.3. The molecule has 0 aliphatic rings. The van der Waals surface area contributed by atoms with Gasteiger partial charge in [-0.05, 0) is 27.6 Å². The van der Waals surface area contributed by atoms with E-state index in [4.69, 9.17) is 4.74 Å². The lowest BCUT2D eigenvalue weighted by molar-refractivity contribution is -0.390. The SMILES string of the molecule is Cc1ccc(OCC(CS)c2ccccc2)c([N+](=O)[O-])n1. The van der Waals surface area contributed by atoms with Gasteiger partial charge in [-0.2, -0.15) is 12.6 Å². The van der Waals surface area contributed by atoms with Crippen LogP contribution in [0.25, 0.3) is 0 Å². The molecule has 0 saturated carbocycles. The fourth-order valence-electron chi connectivity index (χ4n) is 1.94. The number of nitro groups is 1. The van der Waals surface area contributed by atoms with E-state index in [1.54, 1.807) is 19.1 Å². The fraction of sp³-hybridized carbons (Fsp3) is 0.267. The van der Waals surface area contributed by atoms with E-state index in [0.29, 0.717) is 18.1 Å². The molecule has 110 valence electrons. The predicted octanol–water partition coefficient (Wildman–Crippen LogP) is 3.39. The molecule has 0 radical (unpaired) electrons. The lowest BCUT2D eigenvalue weighted by Gasteiger charge is -2.15. The van der Waals surface area contributed by atoms with Crippen LogP contribution in [0.1, 0.15) is 17.2 Å². The van der Waals surface area contributed by atoms with Crippen molar-refractivity contribution in [2.24, 2.45) is 0 Å². The molecular formula is C15H16N2O3S. The maximum atomic E-state index is 11.0. The van der Waals surface area contributed by atoms with Crippen molar-refractivity contribution in [1.82, 2.24) is 4.98 Å². The second-order valence-corrected chi connectivity index (χ2v) is 5.00. The molecule has 0 amide bonds. The molecule has 0 bridgehead atoms. The number of aryl methyl sites for hydroxylation is 1. The van der Waals surface area contributed by atoms with Gasteiger partial charge in [0.2, 0.25) is 5.75 Å². The number of aromatic nitrogens is 1. The van der Waals surface area contributed by atoms with E-state index >= 15 is 0 Å². The summed E-state index contributed by atoms with van der Waals surface area (Å²) in [5, 5.41) is 11.0. The van der Waals surface area contributed by atoms with Crippen molar-refractivity contribution in [2.45, 2.75) is 12.8 Å². The summed E-state index contributed by atoms with van der Waals surface area (Å²) in [7, 11) is 0. The molecule has 1 aromatic carbocycles. The summed E-state index contributed by atoms with van der Waals surface area (Å²) in [4.78, 5) is 14.4. The minimum atomic E-state index is -0.527. The van der Waals surface area contributed by atoms with Crippen LogP contribution in [-0.2, 0) is 0 Å². The lowest BCUT2D eigenvalue weighted by Crippen LogP contribution is -2.13. The zero-order chi connectivity index (χ0) is 15.2. The Bertz CT molecular complexity index is 620. The maximum absolute atomic E-state index is 11.0. The molecule has 21 heavy (non-hydrogen) atoms. The van der Waals surface area contributed by atoms with Gasteiger partial charge in [0.25, 0.3) is 0 Å². The second-order valence-electron chi connectivity index (χ2n) is 4.63. The van der Waals surface area contributed by atoms with Crippen LogP contribution in [0.4, 0.5) is 5.82 Å². The summed E-state index contributed by atoms with van der Waals surface area (Å²) < 4.78 is 5.61. The van der Waals surface area contributed by atoms with Crippen LogP contribution < -0.4 is 4.74 Å². The molecule has 6 heteroatoms. The van der Waals surface area contributed by atoms with E-state index in [-0.39, 0.29) is 17.5 Å². The first-order valence-electron chi connectivity index (χ1n) is 6.52. The van der Waals surface area contributed by atoms with Crippen molar-refractivity contribution in [3.63, 3.8) is 0 Å². The molecule has 0 aliphatic heterocycles. The van der Waals surface area contributed by atoms with Gasteiger partial charge in [-0.25, -0.2) is 0 Å². The Morgan fingerprint density at radius 3 is 2.62 bits per heavy atom. The van der Waals surface area contributed by atoms with Crippen LogP contribution in [0.2, 0.25) is 0 Å². The van der Waals surface area contributed by atoms with Crippen molar-refractivity contribution < 1.29 is 9.66 Å². The highest BCUT2D eigenvalue weighted by atomic mass is 32.1. The normalized spacial score (nSPS) is 11.9. The number of hydrogen-bond acceptors (Lipinski definition) is 5. The van der Waals surface area contributed by atoms with Crippen molar-refractivity contribution >= 4 is 18.4 Å². The van der Waals surface area contributed by atoms with E-state index in [1.165, 1.54) is 0 Å².